The van der Waals surface area contributed by atoms with Crippen molar-refractivity contribution >= 4 is 20.1 Å². The van der Waals surface area contributed by atoms with Gasteiger partial charge >= 0.3 is 64.7 Å². The summed E-state index contributed by atoms with van der Waals surface area (Å²) in [7, 11) is -9.80. The molecule has 0 aliphatic rings. The second-order valence-electron chi connectivity index (χ2n) is 11.0. The van der Waals surface area contributed by atoms with E-state index in [2.05, 4.69) is 0 Å². The third-order valence-corrected chi connectivity index (χ3v) is 8.93. The van der Waals surface area contributed by atoms with Gasteiger partial charge in [-0.15, -0.1) is 0 Å². The molecule has 2 N–H and O–H groups in total. The first-order valence-electron chi connectivity index (χ1n) is 12.3. The zero-order valence-corrected chi connectivity index (χ0v) is 25.9. The van der Waals surface area contributed by atoms with E-state index in [0.717, 1.165) is 0 Å². The summed E-state index contributed by atoms with van der Waals surface area (Å²) < 4.78 is 364. The van der Waals surface area contributed by atoms with Crippen LogP contribution in [0, 0.1) is 0 Å². The van der Waals surface area contributed by atoms with Crippen molar-refractivity contribution < 1.29 is 127 Å². The van der Waals surface area contributed by atoms with Crippen molar-refractivity contribution in [3.05, 3.63) is 0 Å². The van der Waals surface area contributed by atoms with Gasteiger partial charge in [-0.05, 0) is 0 Å². The minimum atomic E-state index is -9.60. The number of hydrogen-bond acceptors (Lipinski definition) is 4. The molecule has 0 aliphatic heterocycles. The van der Waals surface area contributed by atoms with Crippen LogP contribution >= 0.6 is 0 Å². The molecular weight excluding hydrogens is 837 g/mol. The third-order valence-electron chi connectivity index (χ3n) is 6.61. The van der Waals surface area contributed by atoms with Gasteiger partial charge in [0.05, 0.1) is 32.9 Å². The molecule has 0 amide bonds. The van der Waals surface area contributed by atoms with Crippen LogP contribution in [0.4, 0.5) is 101 Å². The lowest BCUT2D eigenvalue weighted by Gasteiger charge is -2.45. The van der Waals surface area contributed by atoms with Crippen molar-refractivity contribution in [3.63, 3.8) is 0 Å². The van der Waals surface area contributed by atoms with Gasteiger partial charge in [0, 0.05) is 19.4 Å². The number of quaternary nitrogens is 1. The number of nitrogens with one attached hydrogen (secondary N) is 1. The number of halogens is 23. The van der Waals surface area contributed by atoms with Crippen molar-refractivity contribution in [2.24, 2.45) is 0 Å². The minimum absolute atomic E-state index is 0.242. The van der Waals surface area contributed by atoms with Gasteiger partial charge < -0.3 is 4.48 Å². The monoisotopic (exact) mass is 857 g/mol. The molecule has 0 heterocycles. The summed E-state index contributed by atoms with van der Waals surface area (Å²) in [6.45, 7) is -2.35. The van der Waals surface area contributed by atoms with Crippen LogP contribution in [0.3, 0.4) is 0 Å². The molecule has 0 aromatic heterocycles. The van der Waals surface area contributed by atoms with Crippen LogP contribution in [0.15, 0.2) is 0 Å². The van der Waals surface area contributed by atoms with Gasteiger partial charge in [-0.1, -0.05) is 0 Å². The van der Waals surface area contributed by atoms with Gasteiger partial charge in [0.2, 0.25) is 0 Å². The predicted octanol–water partition coefficient (Wildman–Crippen LogP) is 6.52. The topological polar surface area (TPSA) is 101 Å². The lowest BCUT2D eigenvalue weighted by atomic mass is 9.86. The largest absolute Gasteiger partial charge is 0.460 e. The summed E-state index contributed by atoms with van der Waals surface area (Å²) in [5.74, 6) is -84.1. The summed E-state index contributed by atoms with van der Waals surface area (Å²) >= 11 is 0. The average Bonchev–Trinajstić information content (AvgIpc) is 2.88. The molecule has 0 fully saturated rings. The fourth-order valence-corrected chi connectivity index (χ4v) is 5.05. The van der Waals surface area contributed by atoms with Crippen LogP contribution in [-0.4, -0.2) is 130 Å². The summed E-state index contributed by atoms with van der Waals surface area (Å²) in [6, 6.07) is 0. The van der Waals surface area contributed by atoms with Crippen molar-refractivity contribution in [1.82, 2.24) is 4.72 Å². The molecule has 0 radical (unpaired) electrons. The molecule has 0 aliphatic carbocycles. The first kappa shape index (κ1) is 49.2. The Morgan fingerprint density at radius 1 is 0.471 bits per heavy atom. The number of alkyl halides is 23. The van der Waals surface area contributed by atoms with Crippen LogP contribution in [0.1, 0.15) is 12.8 Å². The average molecular weight is 857 g/mol. The quantitative estimate of drug-likeness (QED) is 0.0668. The molecule has 0 aromatic rings. The molecule has 0 unspecified atom stereocenters. The molecule has 0 saturated heterocycles. The zero-order chi connectivity index (χ0) is 41.9. The zero-order valence-electron chi connectivity index (χ0n) is 24.3. The summed E-state index contributed by atoms with van der Waals surface area (Å²) in [6.07, 6.45) is -9.39. The van der Waals surface area contributed by atoms with Crippen molar-refractivity contribution in [2.75, 3.05) is 39.5 Å². The van der Waals surface area contributed by atoms with Crippen LogP contribution in [0.2, 0.25) is 0 Å². The molecule has 0 spiro atoms. The Hall–Kier alpha value is -1.83. The Morgan fingerprint density at radius 2 is 0.745 bits per heavy atom. The van der Waals surface area contributed by atoms with Gasteiger partial charge in [0.25, 0.3) is 20.1 Å². The summed E-state index contributed by atoms with van der Waals surface area (Å²) in [5, 5.41) is -7.94. The lowest BCUT2D eigenvalue weighted by molar-refractivity contribution is -0.890. The maximum atomic E-state index is 14.2. The first-order valence-corrected chi connectivity index (χ1v) is 15.4. The second-order valence-corrected chi connectivity index (χ2v) is 14.3. The molecule has 308 valence electrons. The summed E-state index contributed by atoms with van der Waals surface area (Å²) in [4.78, 5) is 0. The Morgan fingerprint density at radius 3 is 1.04 bits per heavy atom. The van der Waals surface area contributed by atoms with Gasteiger partial charge in [-0.25, -0.2) is 13.1 Å². The van der Waals surface area contributed by atoms with E-state index in [-0.39, 0.29) is 13.0 Å². The van der Waals surface area contributed by atoms with E-state index in [0.29, 0.717) is 4.72 Å². The van der Waals surface area contributed by atoms with E-state index in [1.54, 1.807) is 0 Å². The second kappa shape index (κ2) is 13.5. The molecular formula is C19H20F23N2O5S2+. The molecule has 7 nitrogen and oxygen atoms in total. The van der Waals surface area contributed by atoms with Crippen LogP contribution in [0.25, 0.3) is 0 Å². The number of nitrogens with zero attached hydrogens (tertiary/aromatic N) is 1. The highest BCUT2D eigenvalue weighted by Gasteiger charge is 2.99. The minimum Gasteiger partial charge on any atom is -0.328 e. The van der Waals surface area contributed by atoms with E-state index >= 15 is 0 Å². The number of rotatable bonds is 19. The Balaban J connectivity index is 6.71. The Labute approximate surface area is 269 Å². The smallest absolute Gasteiger partial charge is 0.328 e. The summed E-state index contributed by atoms with van der Waals surface area (Å²) in [5.41, 5.74) is 0. The molecule has 51 heavy (non-hydrogen) atoms. The van der Waals surface area contributed by atoms with E-state index in [1.165, 1.54) is 14.1 Å². The van der Waals surface area contributed by atoms with Crippen LogP contribution in [0.5, 0.6) is 0 Å². The lowest BCUT2D eigenvalue weighted by Crippen LogP contribution is -2.78. The predicted molar refractivity (Wildman–Crippen MR) is 120 cm³/mol. The molecule has 0 saturated carbocycles. The number of sulfonamides is 1. The van der Waals surface area contributed by atoms with Crippen LogP contribution in [-0.2, 0) is 20.1 Å². The molecule has 0 atom stereocenters. The van der Waals surface area contributed by atoms with E-state index in [4.69, 9.17) is 4.55 Å². The normalized spacial score (nSPS) is 16.5. The highest BCUT2D eigenvalue weighted by molar-refractivity contribution is 7.90. The van der Waals surface area contributed by atoms with E-state index < -0.39 is 115 Å². The van der Waals surface area contributed by atoms with Crippen molar-refractivity contribution in [3.8, 4) is 0 Å². The maximum Gasteiger partial charge on any atom is 0.460 e. The third kappa shape index (κ3) is 7.88. The van der Waals surface area contributed by atoms with Gasteiger partial charge in [-0.3, -0.25) is 4.55 Å². The molecule has 0 bridgehead atoms. The maximum absolute atomic E-state index is 14.2. The van der Waals surface area contributed by atoms with Crippen molar-refractivity contribution in [2.45, 2.75) is 77.6 Å². The van der Waals surface area contributed by atoms with Gasteiger partial charge in [0.1, 0.15) is 0 Å². The Kier molecular flexibility index (Phi) is 13.0. The van der Waals surface area contributed by atoms with Gasteiger partial charge in [-0.2, -0.15) is 109 Å². The van der Waals surface area contributed by atoms with E-state index in [1.807, 2.05) is 0 Å². The number of hydrogen-bond donors (Lipinski definition) is 2. The van der Waals surface area contributed by atoms with Crippen LogP contribution < -0.4 is 4.72 Å². The fourth-order valence-electron chi connectivity index (χ4n) is 3.50. The van der Waals surface area contributed by atoms with Crippen molar-refractivity contribution in [1.29, 1.82) is 0 Å². The van der Waals surface area contributed by atoms with E-state index in [9.17, 15) is 118 Å². The van der Waals surface area contributed by atoms with Gasteiger partial charge in [0.15, 0.2) is 0 Å². The molecule has 32 heteroatoms. The first-order chi connectivity index (χ1) is 21.7. The fraction of sp³-hybridized carbons (Fsp3) is 1.00. The highest BCUT2D eigenvalue weighted by atomic mass is 32.2. The SMILES string of the molecule is C[N+](C)(CCCNS(=O)(=O)C(F)(F)C(F)(F)C(F)(F)C(F)(F)C(F)(F)C(F)(F)C(F)(F)C(F)(F)C(F)(F)C(F)(F)C(F)(F)F)CCCS(=O)(=O)O. The molecule has 0 aromatic carbocycles. The molecule has 0 rings (SSSR count). The highest BCUT2D eigenvalue weighted by Crippen LogP contribution is 2.67. The Bertz CT molecular complexity index is 1460. The standard InChI is InChI=1S/C19H19F23N2O5S2/c1-44(2,7-4-8-50(45,46)47)6-3-5-43-51(48,49)19(41,42)17(36,37)15(32,33)13(28,29)11(24,25)9(20,21)10(22,23)12(26,27)14(30,31)16(34,35)18(38,39)40/h43H,3-8H2,1-2H3/p+1.